The minimum atomic E-state index is 0.656. The number of aromatic nitrogens is 2. The summed E-state index contributed by atoms with van der Waals surface area (Å²) in [5.41, 5.74) is 0. The Balaban J connectivity index is 2.79. The molecule has 0 spiro atoms. The molecule has 1 rings (SSSR count). The molecule has 1 aromatic rings. The maximum Gasteiger partial charge on any atom is 0.224 e. The number of nitrogens with one attached hydrogen (secondary N) is 1. The summed E-state index contributed by atoms with van der Waals surface area (Å²) in [6.07, 6.45) is 4.05. The van der Waals surface area contributed by atoms with Crippen LogP contribution < -0.4 is 10.2 Å². The summed E-state index contributed by atoms with van der Waals surface area (Å²) in [5.74, 6) is 2.30. The first-order valence-corrected chi connectivity index (χ1v) is 7.35. The molecule has 0 aromatic carbocycles. The normalized spacial score (nSPS) is 12.3. The van der Waals surface area contributed by atoms with Gasteiger partial charge in [-0.2, -0.15) is 4.98 Å². The summed E-state index contributed by atoms with van der Waals surface area (Å²) in [6, 6.07) is 0. The first-order valence-electron chi connectivity index (χ1n) is 6.56. The molecule has 1 heterocycles. The van der Waals surface area contributed by atoms with Gasteiger partial charge in [0.15, 0.2) is 0 Å². The summed E-state index contributed by atoms with van der Waals surface area (Å²) in [5, 5.41) is 3.21. The van der Waals surface area contributed by atoms with E-state index in [1.54, 1.807) is 0 Å². The summed E-state index contributed by atoms with van der Waals surface area (Å²) >= 11 is 3.52. The molecule has 18 heavy (non-hydrogen) atoms. The third-order valence-electron chi connectivity index (χ3n) is 2.90. The average molecular weight is 315 g/mol. The fourth-order valence-corrected chi connectivity index (χ4v) is 2.12. The summed E-state index contributed by atoms with van der Waals surface area (Å²) in [7, 11) is 2.07. The summed E-state index contributed by atoms with van der Waals surface area (Å²) in [6.45, 7) is 8.49. The maximum absolute atomic E-state index is 4.55. The molecule has 1 aromatic heterocycles. The van der Waals surface area contributed by atoms with Gasteiger partial charge in [-0.3, -0.25) is 0 Å². The molecule has 1 atom stereocenters. The van der Waals surface area contributed by atoms with Crippen LogP contribution in [0.2, 0.25) is 0 Å². The number of hydrogen-bond acceptors (Lipinski definition) is 4. The lowest BCUT2D eigenvalue weighted by Gasteiger charge is -2.23. The van der Waals surface area contributed by atoms with Crippen LogP contribution in [-0.4, -0.2) is 30.1 Å². The smallest absolute Gasteiger partial charge is 0.224 e. The van der Waals surface area contributed by atoms with Crippen LogP contribution in [0.4, 0.5) is 11.8 Å². The Morgan fingerprint density at radius 1 is 1.44 bits per heavy atom. The van der Waals surface area contributed by atoms with Crippen molar-refractivity contribution in [2.24, 2.45) is 5.92 Å². The molecular formula is C13H23BrN4. The van der Waals surface area contributed by atoms with E-state index in [0.717, 1.165) is 29.8 Å². The van der Waals surface area contributed by atoms with E-state index in [1.165, 1.54) is 6.42 Å². The van der Waals surface area contributed by atoms with Crippen molar-refractivity contribution in [1.82, 2.24) is 9.97 Å². The van der Waals surface area contributed by atoms with Gasteiger partial charge < -0.3 is 10.2 Å². The number of rotatable bonds is 7. The number of anilines is 2. The zero-order chi connectivity index (χ0) is 13.5. The predicted molar refractivity (Wildman–Crippen MR) is 81.2 cm³/mol. The largest absolute Gasteiger partial charge is 0.358 e. The van der Waals surface area contributed by atoms with Gasteiger partial charge >= 0.3 is 0 Å². The van der Waals surface area contributed by atoms with E-state index in [9.17, 15) is 0 Å². The number of hydrogen-bond donors (Lipinski definition) is 1. The van der Waals surface area contributed by atoms with Gasteiger partial charge in [0.2, 0.25) is 5.95 Å². The van der Waals surface area contributed by atoms with E-state index in [4.69, 9.17) is 0 Å². The molecule has 0 aliphatic carbocycles. The molecule has 0 fully saturated rings. The summed E-state index contributed by atoms with van der Waals surface area (Å²) < 4.78 is 0.940. The van der Waals surface area contributed by atoms with Crippen molar-refractivity contribution in [2.75, 3.05) is 30.4 Å². The molecule has 0 bridgehead atoms. The highest BCUT2D eigenvalue weighted by Crippen LogP contribution is 2.24. The second kappa shape index (κ2) is 7.56. The van der Waals surface area contributed by atoms with E-state index < -0.39 is 0 Å². The standard InChI is InChI=1S/C13H23BrN4/c1-5-7-15-13-16-8-11(14)12(17-13)18(4)9-10(3)6-2/h8,10H,5-7,9H2,1-4H3,(H,15,16,17). The highest BCUT2D eigenvalue weighted by molar-refractivity contribution is 9.10. The van der Waals surface area contributed by atoms with Crippen molar-refractivity contribution >= 4 is 27.7 Å². The Labute approximate surface area is 118 Å². The third kappa shape index (κ3) is 4.44. The molecular weight excluding hydrogens is 292 g/mol. The van der Waals surface area contributed by atoms with Crippen LogP contribution in [0.1, 0.15) is 33.6 Å². The van der Waals surface area contributed by atoms with Crippen molar-refractivity contribution in [2.45, 2.75) is 33.6 Å². The van der Waals surface area contributed by atoms with E-state index in [0.29, 0.717) is 11.9 Å². The molecule has 0 radical (unpaired) electrons. The Morgan fingerprint density at radius 2 is 2.17 bits per heavy atom. The van der Waals surface area contributed by atoms with Crippen LogP contribution in [0.25, 0.3) is 0 Å². The maximum atomic E-state index is 4.55. The van der Waals surface area contributed by atoms with Gasteiger partial charge in [-0.25, -0.2) is 4.98 Å². The van der Waals surface area contributed by atoms with Gasteiger partial charge in [0.25, 0.3) is 0 Å². The van der Waals surface area contributed by atoms with Gasteiger partial charge in [0, 0.05) is 26.3 Å². The van der Waals surface area contributed by atoms with Crippen molar-refractivity contribution in [3.8, 4) is 0 Å². The van der Waals surface area contributed by atoms with Crippen molar-refractivity contribution in [1.29, 1.82) is 0 Å². The fraction of sp³-hybridized carbons (Fsp3) is 0.692. The lowest BCUT2D eigenvalue weighted by molar-refractivity contribution is 0.557. The van der Waals surface area contributed by atoms with Gasteiger partial charge in [-0.15, -0.1) is 0 Å². The zero-order valence-corrected chi connectivity index (χ0v) is 13.3. The van der Waals surface area contributed by atoms with E-state index in [-0.39, 0.29) is 0 Å². The second-order valence-corrected chi connectivity index (χ2v) is 5.54. The van der Waals surface area contributed by atoms with Crippen LogP contribution in [0.5, 0.6) is 0 Å². The molecule has 4 nitrogen and oxygen atoms in total. The quantitative estimate of drug-likeness (QED) is 0.835. The monoisotopic (exact) mass is 314 g/mol. The first-order chi connectivity index (χ1) is 8.58. The molecule has 0 aliphatic heterocycles. The zero-order valence-electron chi connectivity index (χ0n) is 11.7. The Morgan fingerprint density at radius 3 is 2.78 bits per heavy atom. The van der Waals surface area contributed by atoms with Crippen molar-refractivity contribution in [3.05, 3.63) is 10.7 Å². The molecule has 0 aliphatic rings. The van der Waals surface area contributed by atoms with Crippen LogP contribution in [0.15, 0.2) is 10.7 Å². The molecule has 1 N–H and O–H groups in total. The Bertz CT molecular complexity index is 370. The minimum absolute atomic E-state index is 0.656. The highest BCUT2D eigenvalue weighted by atomic mass is 79.9. The molecule has 5 heteroatoms. The highest BCUT2D eigenvalue weighted by Gasteiger charge is 2.12. The van der Waals surface area contributed by atoms with Crippen molar-refractivity contribution < 1.29 is 0 Å². The first kappa shape index (κ1) is 15.2. The third-order valence-corrected chi connectivity index (χ3v) is 3.46. The molecule has 1 unspecified atom stereocenters. The minimum Gasteiger partial charge on any atom is -0.358 e. The Hall–Kier alpha value is -0.840. The van der Waals surface area contributed by atoms with Crippen LogP contribution in [0, 0.1) is 5.92 Å². The van der Waals surface area contributed by atoms with Crippen LogP contribution >= 0.6 is 15.9 Å². The fourth-order valence-electron chi connectivity index (χ4n) is 1.63. The number of nitrogens with zero attached hydrogens (tertiary/aromatic N) is 3. The Kier molecular flexibility index (Phi) is 6.39. The van der Waals surface area contributed by atoms with Gasteiger partial charge in [-0.1, -0.05) is 27.2 Å². The van der Waals surface area contributed by atoms with Crippen LogP contribution in [0.3, 0.4) is 0 Å². The number of halogens is 1. The predicted octanol–water partition coefficient (Wildman–Crippen LogP) is 3.54. The summed E-state index contributed by atoms with van der Waals surface area (Å²) in [4.78, 5) is 11.0. The SMILES string of the molecule is CCCNc1ncc(Br)c(N(C)CC(C)CC)n1. The lowest BCUT2D eigenvalue weighted by Crippen LogP contribution is -2.25. The van der Waals surface area contributed by atoms with E-state index in [2.05, 4.69) is 63.9 Å². The lowest BCUT2D eigenvalue weighted by atomic mass is 10.1. The molecule has 0 saturated carbocycles. The molecule has 102 valence electrons. The second-order valence-electron chi connectivity index (χ2n) is 4.69. The molecule has 0 amide bonds. The van der Waals surface area contributed by atoms with Gasteiger partial charge in [0.05, 0.1) is 4.47 Å². The average Bonchev–Trinajstić information content (AvgIpc) is 2.37. The van der Waals surface area contributed by atoms with Crippen molar-refractivity contribution in [3.63, 3.8) is 0 Å². The van der Waals surface area contributed by atoms with E-state index in [1.807, 2.05) is 6.20 Å². The van der Waals surface area contributed by atoms with Gasteiger partial charge in [-0.05, 0) is 28.3 Å². The van der Waals surface area contributed by atoms with E-state index >= 15 is 0 Å². The molecule has 0 saturated heterocycles. The topological polar surface area (TPSA) is 41.1 Å². The van der Waals surface area contributed by atoms with Crippen LogP contribution in [-0.2, 0) is 0 Å². The van der Waals surface area contributed by atoms with Gasteiger partial charge in [0.1, 0.15) is 5.82 Å².